The molecule has 2 aromatic rings. The molecule has 132 valence electrons. The lowest BCUT2D eigenvalue weighted by Gasteiger charge is -2.37. The van der Waals surface area contributed by atoms with Gasteiger partial charge in [-0.2, -0.15) is 0 Å². The van der Waals surface area contributed by atoms with Crippen molar-refractivity contribution in [1.82, 2.24) is 14.5 Å². The predicted molar refractivity (Wildman–Crippen MR) is 95.3 cm³/mol. The minimum atomic E-state index is -0.486. The number of carbonyl (C=O) groups excluding carboxylic acids is 2. The van der Waals surface area contributed by atoms with Crippen LogP contribution in [0.4, 0.5) is 5.82 Å². The van der Waals surface area contributed by atoms with E-state index in [1.165, 1.54) is 0 Å². The molecule has 0 unspecified atom stereocenters. The summed E-state index contributed by atoms with van der Waals surface area (Å²) in [5.74, 6) is 0.245. The third-order valence-corrected chi connectivity index (χ3v) is 4.60. The number of aromatic nitrogens is 2. The van der Waals surface area contributed by atoms with Gasteiger partial charge in [-0.3, -0.25) is 9.59 Å². The molecule has 1 atom stereocenters. The van der Waals surface area contributed by atoms with Crippen molar-refractivity contribution in [3.05, 3.63) is 48.4 Å². The number of anilines is 1. The fourth-order valence-corrected chi connectivity index (χ4v) is 3.26. The van der Waals surface area contributed by atoms with Gasteiger partial charge >= 0.3 is 0 Å². The predicted octanol–water partition coefficient (Wildman–Crippen LogP) is 1.28. The third-order valence-electron chi connectivity index (χ3n) is 4.60. The van der Waals surface area contributed by atoms with Crippen molar-refractivity contribution < 1.29 is 9.59 Å². The Labute approximate surface area is 147 Å². The van der Waals surface area contributed by atoms with Crippen molar-refractivity contribution >= 4 is 17.6 Å². The Hall–Kier alpha value is -2.83. The molecule has 1 aliphatic rings. The van der Waals surface area contributed by atoms with Gasteiger partial charge in [0, 0.05) is 44.8 Å². The van der Waals surface area contributed by atoms with Gasteiger partial charge < -0.3 is 20.1 Å². The Morgan fingerprint density at radius 3 is 2.44 bits per heavy atom. The monoisotopic (exact) mass is 341 g/mol. The second kappa shape index (κ2) is 7.38. The number of piperazine rings is 1. The Kier molecular flexibility index (Phi) is 5.02. The van der Waals surface area contributed by atoms with E-state index >= 15 is 0 Å². The maximum absolute atomic E-state index is 12.8. The van der Waals surface area contributed by atoms with Gasteiger partial charge in [-0.15, -0.1) is 0 Å². The van der Waals surface area contributed by atoms with Crippen LogP contribution in [0.25, 0.3) is 0 Å². The first kappa shape index (κ1) is 17.0. The van der Waals surface area contributed by atoms with Crippen LogP contribution in [0.1, 0.15) is 29.7 Å². The molecule has 25 heavy (non-hydrogen) atoms. The summed E-state index contributed by atoms with van der Waals surface area (Å²) in [6, 6.07) is 7.08. The number of nitrogens with zero attached hydrogens (tertiary/aromatic N) is 4. The van der Waals surface area contributed by atoms with Crippen LogP contribution < -0.4 is 10.6 Å². The van der Waals surface area contributed by atoms with E-state index in [1.807, 2.05) is 45.8 Å². The highest BCUT2D eigenvalue weighted by atomic mass is 16.2. The molecular weight excluding hydrogens is 318 g/mol. The second-order valence-electron chi connectivity index (χ2n) is 6.11. The molecular formula is C18H23N5O2. The molecule has 1 saturated heterocycles. The summed E-state index contributed by atoms with van der Waals surface area (Å²) in [6.07, 6.45) is 6.25. The van der Waals surface area contributed by atoms with Crippen LogP contribution in [0.2, 0.25) is 0 Å². The van der Waals surface area contributed by atoms with E-state index in [9.17, 15) is 9.59 Å². The molecule has 0 saturated carbocycles. The molecule has 2 aromatic heterocycles. The van der Waals surface area contributed by atoms with Crippen molar-refractivity contribution in [3.8, 4) is 0 Å². The fourth-order valence-electron chi connectivity index (χ4n) is 3.26. The molecule has 0 radical (unpaired) electrons. The lowest BCUT2D eigenvalue weighted by Crippen LogP contribution is -2.51. The lowest BCUT2D eigenvalue weighted by atomic mass is 10.1. The molecule has 1 fully saturated rings. The number of hydrogen-bond acceptors (Lipinski definition) is 4. The molecule has 0 aromatic carbocycles. The largest absolute Gasteiger partial charge is 0.365 e. The second-order valence-corrected chi connectivity index (χ2v) is 6.11. The first-order chi connectivity index (χ1) is 12.1. The topological polar surface area (TPSA) is 84.5 Å². The first-order valence-electron chi connectivity index (χ1n) is 8.52. The Bertz CT molecular complexity index is 736. The highest BCUT2D eigenvalue weighted by molar-refractivity contribution is 5.97. The summed E-state index contributed by atoms with van der Waals surface area (Å²) >= 11 is 0. The van der Waals surface area contributed by atoms with Crippen LogP contribution >= 0.6 is 0 Å². The van der Waals surface area contributed by atoms with Crippen LogP contribution in [0.3, 0.4) is 0 Å². The molecule has 7 heteroatoms. The molecule has 0 spiro atoms. The number of hydrogen-bond donors (Lipinski definition) is 1. The SMILES string of the molecule is CC[C@@H](C(=O)N1CCN(c2ncccc2C(N)=O)CC1)n1cccc1. The zero-order chi connectivity index (χ0) is 17.8. The third kappa shape index (κ3) is 3.50. The number of rotatable bonds is 5. The number of primary amides is 1. The van der Waals surface area contributed by atoms with Crippen LogP contribution in [-0.2, 0) is 4.79 Å². The average molecular weight is 341 g/mol. The first-order valence-corrected chi connectivity index (χ1v) is 8.52. The van der Waals surface area contributed by atoms with E-state index < -0.39 is 5.91 Å². The van der Waals surface area contributed by atoms with Gasteiger partial charge in [0.05, 0.1) is 5.56 Å². The fraction of sp³-hybridized carbons (Fsp3) is 0.389. The Balaban J connectivity index is 1.68. The van der Waals surface area contributed by atoms with E-state index in [4.69, 9.17) is 5.73 Å². The number of carbonyl (C=O) groups is 2. The number of amides is 2. The summed E-state index contributed by atoms with van der Waals surface area (Å²) in [6.45, 7) is 4.49. The molecule has 2 N–H and O–H groups in total. The molecule has 3 rings (SSSR count). The van der Waals surface area contributed by atoms with Crippen molar-refractivity contribution in [2.24, 2.45) is 5.73 Å². The maximum atomic E-state index is 12.8. The zero-order valence-corrected chi connectivity index (χ0v) is 14.3. The van der Waals surface area contributed by atoms with Crippen molar-refractivity contribution in [1.29, 1.82) is 0 Å². The highest BCUT2D eigenvalue weighted by Gasteiger charge is 2.28. The average Bonchev–Trinajstić information content (AvgIpc) is 3.16. The Morgan fingerprint density at radius 2 is 1.84 bits per heavy atom. The van der Waals surface area contributed by atoms with Crippen molar-refractivity contribution in [2.45, 2.75) is 19.4 Å². The van der Waals surface area contributed by atoms with Gasteiger partial charge in [0.1, 0.15) is 11.9 Å². The molecule has 0 aliphatic carbocycles. The summed E-state index contributed by atoms with van der Waals surface area (Å²) in [5.41, 5.74) is 5.85. The van der Waals surface area contributed by atoms with Crippen molar-refractivity contribution in [3.63, 3.8) is 0 Å². The van der Waals surface area contributed by atoms with E-state index in [2.05, 4.69) is 4.98 Å². The number of nitrogens with two attached hydrogens (primary N) is 1. The smallest absolute Gasteiger partial charge is 0.252 e. The summed E-state index contributed by atoms with van der Waals surface area (Å²) < 4.78 is 1.96. The van der Waals surface area contributed by atoms with E-state index in [0.717, 1.165) is 6.42 Å². The van der Waals surface area contributed by atoms with Crippen molar-refractivity contribution in [2.75, 3.05) is 31.1 Å². The normalized spacial score (nSPS) is 15.9. The van der Waals surface area contributed by atoms with Gasteiger partial charge in [0.15, 0.2) is 0 Å². The lowest BCUT2D eigenvalue weighted by molar-refractivity contribution is -0.135. The standard InChI is InChI=1S/C18H23N5O2/c1-2-15(21-8-3-4-9-21)18(25)23-12-10-22(11-13-23)17-14(16(19)24)6-5-7-20-17/h3-9,15H,2,10-13H2,1H3,(H2,19,24)/t15-/m0/s1. The van der Waals surface area contributed by atoms with Crippen LogP contribution in [0.5, 0.6) is 0 Å². The quantitative estimate of drug-likeness (QED) is 0.888. The van der Waals surface area contributed by atoms with Crippen LogP contribution in [0, 0.1) is 0 Å². The van der Waals surface area contributed by atoms with Gasteiger partial charge in [-0.25, -0.2) is 4.98 Å². The van der Waals surface area contributed by atoms with E-state index in [1.54, 1.807) is 18.3 Å². The Morgan fingerprint density at radius 1 is 1.16 bits per heavy atom. The van der Waals surface area contributed by atoms with Gasteiger partial charge in [0.2, 0.25) is 5.91 Å². The van der Waals surface area contributed by atoms with E-state index in [0.29, 0.717) is 37.6 Å². The molecule has 2 amide bonds. The van der Waals surface area contributed by atoms with Gasteiger partial charge in [-0.1, -0.05) is 6.92 Å². The highest BCUT2D eigenvalue weighted by Crippen LogP contribution is 2.21. The molecule has 0 bridgehead atoms. The van der Waals surface area contributed by atoms with Gasteiger partial charge in [0.25, 0.3) is 5.91 Å². The van der Waals surface area contributed by atoms with E-state index in [-0.39, 0.29) is 11.9 Å². The molecule has 7 nitrogen and oxygen atoms in total. The summed E-state index contributed by atoms with van der Waals surface area (Å²) in [5, 5.41) is 0. The minimum Gasteiger partial charge on any atom is -0.365 e. The van der Waals surface area contributed by atoms with Crippen LogP contribution in [-0.4, -0.2) is 52.4 Å². The summed E-state index contributed by atoms with van der Waals surface area (Å²) in [4.78, 5) is 32.6. The van der Waals surface area contributed by atoms with Crippen LogP contribution in [0.15, 0.2) is 42.9 Å². The van der Waals surface area contributed by atoms with Gasteiger partial charge in [-0.05, 0) is 30.7 Å². The zero-order valence-electron chi connectivity index (χ0n) is 14.3. The maximum Gasteiger partial charge on any atom is 0.252 e. The molecule has 3 heterocycles. The number of pyridine rings is 1. The summed E-state index contributed by atoms with van der Waals surface area (Å²) in [7, 11) is 0. The molecule has 1 aliphatic heterocycles. The minimum absolute atomic E-state index is 0.134.